The van der Waals surface area contributed by atoms with E-state index < -0.39 is 0 Å². The molecule has 1 heterocycles. The first-order valence-corrected chi connectivity index (χ1v) is 4.61. The summed E-state index contributed by atoms with van der Waals surface area (Å²) in [4.78, 5) is 2.22. The van der Waals surface area contributed by atoms with Gasteiger partial charge in [0.15, 0.2) is 0 Å². The molecule has 3 nitrogen and oxygen atoms in total. The molecule has 13 heavy (non-hydrogen) atoms. The summed E-state index contributed by atoms with van der Waals surface area (Å²) in [5.74, 6) is 0.185. The van der Waals surface area contributed by atoms with Gasteiger partial charge in [-0.2, -0.15) is 0 Å². The lowest BCUT2D eigenvalue weighted by Gasteiger charge is -2.19. The molecule has 0 saturated carbocycles. The van der Waals surface area contributed by atoms with Crippen molar-refractivity contribution in [2.75, 3.05) is 23.7 Å². The molecule has 0 aromatic heterocycles. The third-order valence-corrected chi connectivity index (χ3v) is 2.51. The minimum atomic E-state index is 0.185. The minimum absolute atomic E-state index is 0.185. The Kier molecular flexibility index (Phi) is 2.00. The molecule has 1 aromatic carbocycles. The van der Waals surface area contributed by atoms with Gasteiger partial charge in [0.1, 0.15) is 5.75 Å². The summed E-state index contributed by atoms with van der Waals surface area (Å²) in [7, 11) is 0. The van der Waals surface area contributed by atoms with E-state index in [1.165, 1.54) is 12.8 Å². The number of aromatic hydroxyl groups is 1. The number of nitrogens with two attached hydrogens (primary N) is 1. The molecule has 2 rings (SSSR count). The van der Waals surface area contributed by atoms with Crippen molar-refractivity contribution in [3.05, 3.63) is 18.2 Å². The van der Waals surface area contributed by atoms with E-state index in [1.807, 2.05) is 12.1 Å². The first-order valence-electron chi connectivity index (χ1n) is 4.61. The van der Waals surface area contributed by atoms with Gasteiger partial charge < -0.3 is 15.7 Å². The molecule has 1 aromatic rings. The molecule has 70 valence electrons. The van der Waals surface area contributed by atoms with Crippen molar-refractivity contribution >= 4 is 11.4 Å². The Bertz CT molecular complexity index is 306. The van der Waals surface area contributed by atoms with Crippen LogP contribution in [0.3, 0.4) is 0 Å². The van der Waals surface area contributed by atoms with Crippen LogP contribution in [-0.2, 0) is 0 Å². The van der Waals surface area contributed by atoms with E-state index in [-0.39, 0.29) is 5.75 Å². The molecular weight excluding hydrogens is 164 g/mol. The SMILES string of the molecule is Nc1c(O)cccc1N1CCCC1. The number of rotatable bonds is 1. The van der Waals surface area contributed by atoms with Crippen LogP contribution < -0.4 is 10.6 Å². The number of hydrogen-bond donors (Lipinski definition) is 2. The zero-order chi connectivity index (χ0) is 9.26. The van der Waals surface area contributed by atoms with Crippen LogP contribution in [-0.4, -0.2) is 18.2 Å². The van der Waals surface area contributed by atoms with Gasteiger partial charge in [0.25, 0.3) is 0 Å². The highest BCUT2D eigenvalue weighted by atomic mass is 16.3. The summed E-state index contributed by atoms with van der Waals surface area (Å²) < 4.78 is 0. The van der Waals surface area contributed by atoms with Gasteiger partial charge in [-0.15, -0.1) is 0 Å². The van der Waals surface area contributed by atoms with Crippen LogP contribution in [0.4, 0.5) is 11.4 Å². The Labute approximate surface area is 77.8 Å². The molecule has 3 heteroatoms. The second-order valence-electron chi connectivity index (χ2n) is 3.40. The molecule has 0 radical (unpaired) electrons. The van der Waals surface area contributed by atoms with Crippen LogP contribution in [0, 0.1) is 0 Å². The lowest BCUT2D eigenvalue weighted by molar-refractivity contribution is 0.478. The molecule has 0 atom stereocenters. The lowest BCUT2D eigenvalue weighted by Crippen LogP contribution is -2.18. The number of para-hydroxylation sites is 1. The average Bonchev–Trinajstić information content (AvgIpc) is 2.62. The molecule has 0 spiro atoms. The molecule has 0 bridgehead atoms. The van der Waals surface area contributed by atoms with E-state index in [0.717, 1.165) is 18.8 Å². The standard InChI is InChI=1S/C10H14N2O/c11-10-8(4-3-5-9(10)13)12-6-1-2-7-12/h3-5,13H,1-2,6-7,11H2. The van der Waals surface area contributed by atoms with Crippen molar-refractivity contribution in [3.63, 3.8) is 0 Å². The fourth-order valence-corrected chi connectivity index (χ4v) is 1.77. The fourth-order valence-electron chi connectivity index (χ4n) is 1.77. The monoisotopic (exact) mass is 178 g/mol. The Morgan fingerprint density at radius 3 is 2.62 bits per heavy atom. The van der Waals surface area contributed by atoms with Gasteiger partial charge >= 0.3 is 0 Å². The Morgan fingerprint density at radius 2 is 1.92 bits per heavy atom. The van der Waals surface area contributed by atoms with Gasteiger partial charge in [0.2, 0.25) is 0 Å². The predicted molar refractivity (Wildman–Crippen MR) is 54.0 cm³/mol. The maximum absolute atomic E-state index is 9.41. The summed E-state index contributed by atoms with van der Waals surface area (Å²) in [6, 6.07) is 5.41. The third kappa shape index (κ3) is 1.41. The van der Waals surface area contributed by atoms with E-state index >= 15 is 0 Å². The smallest absolute Gasteiger partial charge is 0.140 e. The van der Waals surface area contributed by atoms with Crippen molar-refractivity contribution < 1.29 is 5.11 Å². The number of nitrogens with zero attached hydrogens (tertiary/aromatic N) is 1. The number of nitrogen functional groups attached to an aromatic ring is 1. The summed E-state index contributed by atoms with van der Waals surface area (Å²) in [5.41, 5.74) is 7.24. The van der Waals surface area contributed by atoms with Gasteiger partial charge in [-0.3, -0.25) is 0 Å². The van der Waals surface area contributed by atoms with Crippen LogP contribution in [0.5, 0.6) is 5.75 Å². The van der Waals surface area contributed by atoms with Gasteiger partial charge in [-0.25, -0.2) is 0 Å². The van der Waals surface area contributed by atoms with Crippen molar-refractivity contribution in [2.24, 2.45) is 0 Å². The van der Waals surface area contributed by atoms with Crippen LogP contribution in [0.25, 0.3) is 0 Å². The molecule has 1 aliphatic rings. The average molecular weight is 178 g/mol. The minimum Gasteiger partial charge on any atom is -0.506 e. The summed E-state index contributed by atoms with van der Waals surface area (Å²) >= 11 is 0. The molecule has 0 aliphatic carbocycles. The van der Waals surface area contributed by atoms with Crippen LogP contribution in [0.15, 0.2) is 18.2 Å². The van der Waals surface area contributed by atoms with Crippen LogP contribution >= 0.6 is 0 Å². The zero-order valence-electron chi connectivity index (χ0n) is 7.53. The number of benzene rings is 1. The van der Waals surface area contributed by atoms with Crippen molar-refractivity contribution in [3.8, 4) is 5.75 Å². The highest BCUT2D eigenvalue weighted by molar-refractivity contribution is 5.73. The molecule has 3 N–H and O–H groups in total. The van der Waals surface area contributed by atoms with Gasteiger partial charge in [-0.05, 0) is 25.0 Å². The molecule has 1 aliphatic heterocycles. The number of phenolic OH excluding ortho intramolecular Hbond substituents is 1. The first-order chi connectivity index (χ1) is 6.29. The van der Waals surface area contributed by atoms with E-state index in [4.69, 9.17) is 5.73 Å². The van der Waals surface area contributed by atoms with Gasteiger partial charge in [-0.1, -0.05) is 6.07 Å². The van der Waals surface area contributed by atoms with Crippen molar-refractivity contribution in [1.29, 1.82) is 0 Å². The molecule has 0 amide bonds. The topological polar surface area (TPSA) is 49.5 Å². The highest BCUT2D eigenvalue weighted by Crippen LogP contribution is 2.32. The third-order valence-electron chi connectivity index (χ3n) is 2.51. The Balaban J connectivity index is 2.33. The maximum atomic E-state index is 9.41. The number of anilines is 2. The van der Waals surface area contributed by atoms with Gasteiger partial charge in [0, 0.05) is 13.1 Å². The summed E-state index contributed by atoms with van der Waals surface area (Å²) in [6.45, 7) is 2.10. The summed E-state index contributed by atoms with van der Waals surface area (Å²) in [6.07, 6.45) is 2.43. The quantitative estimate of drug-likeness (QED) is 0.507. The summed E-state index contributed by atoms with van der Waals surface area (Å²) in [5, 5.41) is 9.41. The second kappa shape index (κ2) is 3.17. The van der Waals surface area contributed by atoms with Crippen LogP contribution in [0.2, 0.25) is 0 Å². The molecular formula is C10H14N2O. The maximum Gasteiger partial charge on any atom is 0.140 e. The van der Waals surface area contributed by atoms with E-state index in [9.17, 15) is 5.11 Å². The largest absolute Gasteiger partial charge is 0.506 e. The van der Waals surface area contributed by atoms with E-state index in [2.05, 4.69) is 4.90 Å². The normalized spacial score (nSPS) is 16.5. The molecule has 0 unspecified atom stereocenters. The zero-order valence-corrected chi connectivity index (χ0v) is 7.53. The lowest BCUT2D eigenvalue weighted by atomic mass is 10.2. The van der Waals surface area contributed by atoms with Gasteiger partial charge in [0.05, 0.1) is 11.4 Å². The van der Waals surface area contributed by atoms with E-state index in [0.29, 0.717) is 5.69 Å². The second-order valence-corrected chi connectivity index (χ2v) is 3.40. The molecule has 1 saturated heterocycles. The fraction of sp³-hybridized carbons (Fsp3) is 0.400. The van der Waals surface area contributed by atoms with E-state index in [1.54, 1.807) is 6.07 Å². The molecule has 1 fully saturated rings. The predicted octanol–water partition coefficient (Wildman–Crippen LogP) is 1.57. The Morgan fingerprint density at radius 1 is 1.23 bits per heavy atom. The number of phenols is 1. The van der Waals surface area contributed by atoms with Crippen LogP contribution in [0.1, 0.15) is 12.8 Å². The van der Waals surface area contributed by atoms with Crippen molar-refractivity contribution in [1.82, 2.24) is 0 Å². The first kappa shape index (κ1) is 8.23. The highest BCUT2D eigenvalue weighted by Gasteiger charge is 2.15. The Hall–Kier alpha value is -1.38. The number of hydrogen-bond acceptors (Lipinski definition) is 3. The van der Waals surface area contributed by atoms with Crippen molar-refractivity contribution in [2.45, 2.75) is 12.8 Å².